The Bertz CT molecular complexity index is 1190. The molecule has 0 radical (unpaired) electrons. The standard InChI is InChI=1S/C25H27N5O3/c1-3-32-16-33-22-14-17(15-26)11-12-20(22)23-18-8-4-5-9-19(18)24(29-28-23)27-25(31)21-10-6-7-13-30(21)2/h4-5,8-9,11-12,14,21H,3,6-7,10,13,16H2,1-2H3,(H,27,29,31)/t21-/m0/s1. The number of aromatic nitrogens is 2. The first kappa shape index (κ1) is 22.6. The van der Waals surface area contributed by atoms with E-state index < -0.39 is 0 Å². The quantitative estimate of drug-likeness (QED) is 0.434. The van der Waals surface area contributed by atoms with Crippen molar-refractivity contribution in [2.45, 2.75) is 32.2 Å². The fourth-order valence-electron chi connectivity index (χ4n) is 4.10. The molecule has 2 aromatic carbocycles. The number of rotatable bonds is 7. The number of nitrogens with zero attached hydrogens (tertiary/aromatic N) is 4. The summed E-state index contributed by atoms with van der Waals surface area (Å²) in [5.74, 6) is 0.856. The summed E-state index contributed by atoms with van der Waals surface area (Å²) in [5.41, 5.74) is 1.78. The van der Waals surface area contributed by atoms with Gasteiger partial charge < -0.3 is 14.8 Å². The molecular formula is C25H27N5O3. The first-order valence-corrected chi connectivity index (χ1v) is 11.1. The van der Waals surface area contributed by atoms with Crippen molar-refractivity contribution in [3.8, 4) is 23.1 Å². The number of carbonyl (C=O) groups excluding carboxylic acids is 1. The fraction of sp³-hybridized carbons (Fsp3) is 0.360. The molecule has 8 nitrogen and oxygen atoms in total. The number of likely N-dealkylation sites (N-methyl/N-ethyl adjacent to an activating group) is 1. The van der Waals surface area contributed by atoms with Crippen molar-refractivity contribution in [1.29, 1.82) is 5.26 Å². The van der Waals surface area contributed by atoms with Gasteiger partial charge in [0.2, 0.25) is 5.91 Å². The molecule has 1 saturated heterocycles. The van der Waals surface area contributed by atoms with Gasteiger partial charge in [-0.15, -0.1) is 10.2 Å². The lowest BCUT2D eigenvalue weighted by Crippen LogP contribution is -2.44. The number of benzene rings is 2. The van der Waals surface area contributed by atoms with Gasteiger partial charge in [-0.3, -0.25) is 9.69 Å². The summed E-state index contributed by atoms with van der Waals surface area (Å²) < 4.78 is 11.1. The molecule has 1 N–H and O–H groups in total. The van der Waals surface area contributed by atoms with Crippen LogP contribution in [-0.2, 0) is 9.53 Å². The number of hydrogen-bond donors (Lipinski definition) is 1. The van der Waals surface area contributed by atoms with Crippen molar-refractivity contribution in [1.82, 2.24) is 15.1 Å². The van der Waals surface area contributed by atoms with Crippen LogP contribution in [0.1, 0.15) is 31.7 Å². The predicted molar refractivity (Wildman–Crippen MR) is 126 cm³/mol. The Hall–Kier alpha value is -3.54. The van der Waals surface area contributed by atoms with Crippen LogP contribution in [0.4, 0.5) is 5.82 Å². The second kappa shape index (κ2) is 10.4. The topological polar surface area (TPSA) is 100 Å². The van der Waals surface area contributed by atoms with E-state index in [4.69, 9.17) is 9.47 Å². The van der Waals surface area contributed by atoms with E-state index in [-0.39, 0.29) is 18.7 Å². The number of amides is 1. The highest BCUT2D eigenvalue weighted by Crippen LogP contribution is 2.36. The molecule has 33 heavy (non-hydrogen) atoms. The van der Waals surface area contributed by atoms with Gasteiger partial charge >= 0.3 is 0 Å². The van der Waals surface area contributed by atoms with Crippen LogP contribution >= 0.6 is 0 Å². The maximum atomic E-state index is 13.0. The molecular weight excluding hydrogens is 418 g/mol. The molecule has 1 aliphatic heterocycles. The molecule has 170 valence electrons. The third-order valence-corrected chi connectivity index (χ3v) is 5.87. The molecule has 0 spiro atoms. The van der Waals surface area contributed by atoms with Gasteiger partial charge in [-0.05, 0) is 51.6 Å². The van der Waals surface area contributed by atoms with E-state index in [1.54, 1.807) is 18.2 Å². The van der Waals surface area contributed by atoms with E-state index >= 15 is 0 Å². The van der Waals surface area contributed by atoms with Crippen molar-refractivity contribution < 1.29 is 14.3 Å². The van der Waals surface area contributed by atoms with Crippen molar-refractivity contribution in [2.24, 2.45) is 0 Å². The summed E-state index contributed by atoms with van der Waals surface area (Å²) in [6.45, 7) is 3.37. The molecule has 2 heterocycles. The van der Waals surface area contributed by atoms with Crippen LogP contribution in [0.15, 0.2) is 42.5 Å². The van der Waals surface area contributed by atoms with E-state index in [0.29, 0.717) is 35.0 Å². The SMILES string of the molecule is CCOCOc1cc(C#N)ccc1-c1nnc(NC(=O)[C@@H]2CCCCN2C)c2ccccc12. The molecule has 1 aromatic heterocycles. The van der Waals surface area contributed by atoms with Crippen LogP contribution in [-0.4, -0.2) is 54.0 Å². The molecule has 1 fully saturated rings. The molecule has 1 atom stereocenters. The van der Waals surface area contributed by atoms with E-state index in [2.05, 4.69) is 26.5 Å². The van der Waals surface area contributed by atoms with Gasteiger partial charge in [-0.25, -0.2) is 0 Å². The number of likely N-dealkylation sites (tertiary alicyclic amines) is 1. The zero-order valence-electron chi connectivity index (χ0n) is 18.9. The number of fused-ring (bicyclic) bond motifs is 1. The fourth-order valence-corrected chi connectivity index (χ4v) is 4.10. The molecule has 0 aliphatic carbocycles. The summed E-state index contributed by atoms with van der Waals surface area (Å²) in [4.78, 5) is 15.0. The first-order valence-electron chi connectivity index (χ1n) is 11.1. The molecule has 1 aliphatic rings. The average molecular weight is 446 g/mol. The van der Waals surface area contributed by atoms with Gasteiger partial charge in [0.05, 0.1) is 17.7 Å². The highest BCUT2D eigenvalue weighted by Gasteiger charge is 2.27. The highest BCUT2D eigenvalue weighted by molar-refractivity contribution is 6.06. The Labute approximate surface area is 193 Å². The number of anilines is 1. The van der Waals surface area contributed by atoms with Crippen molar-refractivity contribution >= 4 is 22.5 Å². The zero-order chi connectivity index (χ0) is 23.2. The Kier molecular flexibility index (Phi) is 7.13. The lowest BCUT2D eigenvalue weighted by molar-refractivity contribution is -0.121. The minimum atomic E-state index is -0.170. The van der Waals surface area contributed by atoms with Crippen molar-refractivity contribution in [2.75, 3.05) is 32.3 Å². The molecule has 0 bridgehead atoms. The Balaban J connectivity index is 1.71. The van der Waals surface area contributed by atoms with E-state index in [9.17, 15) is 10.1 Å². The third-order valence-electron chi connectivity index (χ3n) is 5.87. The maximum Gasteiger partial charge on any atom is 0.242 e. The number of hydrogen-bond acceptors (Lipinski definition) is 7. The first-order chi connectivity index (χ1) is 16.1. The van der Waals surface area contributed by atoms with Gasteiger partial charge in [0.1, 0.15) is 11.4 Å². The predicted octanol–water partition coefficient (Wildman–Crippen LogP) is 3.96. The van der Waals surface area contributed by atoms with Crippen molar-refractivity contribution in [3.05, 3.63) is 48.0 Å². The smallest absolute Gasteiger partial charge is 0.242 e. The van der Waals surface area contributed by atoms with Gasteiger partial charge in [-0.2, -0.15) is 5.26 Å². The molecule has 1 amide bonds. The lowest BCUT2D eigenvalue weighted by atomic mass is 10.0. The van der Waals surface area contributed by atoms with Crippen LogP contribution in [0.2, 0.25) is 0 Å². The number of carbonyl (C=O) groups is 1. The summed E-state index contributed by atoms with van der Waals surface area (Å²) in [6, 6.07) is 14.8. The Morgan fingerprint density at radius 2 is 2.03 bits per heavy atom. The van der Waals surface area contributed by atoms with E-state index in [1.807, 2.05) is 38.2 Å². The molecule has 8 heteroatoms. The number of nitrogens with one attached hydrogen (secondary N) is 1. The number of nitriles is 1. The second-order valence-electron chi connectivity index (χ2n) is 8.00. The van der Waals surface area contributed by atoms with Gasteiger partial charge in [0.25, 0.3) is 0 Å². The van der Waals surface area contributed by atoms with E-state index in [1.165, 1.54) is 0 Å². The molecule has 0 saturated carbocycles. The molecule has 3 aromatic rings. The normalized spacial score (nSPS) is 16.3. The van der Waals surface area contributed by atoms with Gasteiger partial charge in [-0.1, -0.05) is 30.7 Å². The Morgan fingerprint density at radius 1 is 1.21 bits per heavy atom. The van der Waals surface area contributed by atoms with Crippen molar-refractivity contribution in [3.63, 3.8) is 0 Å². The van der Waals surface area contributed by atoms with Gasteiger partial charge in [0.15, 0.2) is 12.6 Å². The van der Waals surface area contributed by atoms with Crippen LogP contribution in [0.5, 0.6) is 5.75 Å². The van der Waals surface area contributed by atoms with Crippen LogP contribution in [0, 0.1) is 11.3 Å². The van der Waals surface area contributed by atoms with Gasteiger partial charge in [0, 0.05) is 22.9 Å². The summed E-state index contributed by atoms with van der Waals surface area (Å²) in [6.07, 6.45) is 2.98. The summed E-state index contributed by atoms with van der Waals surface area (Å²) >= 11 is 0. The van der Waals surface area contributed by atoms with Crippen LogP contribution < -0.4 is 10.1 Å². The number of piperidine rings is 1. The largest absolute Gasteiger partial charge is 0.467 e. The number of ether oxygens (including phenoxy) is 2. The maximum absolute atomic E-state index is 13.0. The zero-order valence-corrected chi connectivity index (χ0v) is 18.9. The average Bonchev–Trinajstić information content (AvgIpc) is 2.85. The van der Waals surface area contributed by atoms with E-state index in [0.717, 1.165) is 36.6 Å². The summed E-state index contributed by atoms with van der Waals surface area (Å²) in [7, 11) is 1.98. The lowest BCUT2D eigenvalue weighted by Gasteiger charge is -2.31. The van der Waals surface area contributed by atoms with Crippen LogP contribution in [0.25, 0.3) is 22.0 Å². The van der Waals surface area contributed by atoms with Crippen LogP contribution in [0.3, 0.4) is 0 Å². The minimum absolute atomic E-state index is 0.0623. The molecule has 0 unspecified atom stereocenters. The third kappa shape index (κ3) is 4.95. The minimum Gasteiger partial charge on any atom is -0.467 e. The molecule has 4 rings (SSSR count). The second-order valence-corrected chi connectivity index (χ2v) is 8.00. The Morgan fingerprint density at radius 3 is 2.79 bits per heavy atom. The highest BCUT2D eigenvalue weighted by atomic mass is 16.7. The summed E-state index contributed by atoms with van der Waals surface area (Å²) in [5, 5.41) is 22.7. The monoisotopic (exact) mass is 445 g/mol.